The number of nitrogens with one attached hydrogen (secondary N) is 1. The number of hydrogen-bond donors (Lipinski definition) is 4. The van der Waals surface area contributed by atoms with Crippen molar-refractivity contribution in [1.29, 1.82) is 0 Å². The molecule has 0 unspecified atom stereocenters. The Kier molecular flexibility index (Phi) is 6.50. The Morgan fingerprint density at radius 3 is 2.24 bits per heavy atom. The van der Waals surface area contributed by atoms with Crippen molar-refractivity contribution >= 4 is 76.4 Å². The highest BCUT2D eigenvalue weighted by molar-refractivity contribution is 7.85. The first-order valence-corrected chi connectivity index (χ1v) is 15.2. The predicted octanol–water partition coefficient (Wildman–Crippen LogP) is 7.96. The Morgan fingerprint density at radius 2 is 1.44 bits per heavy atom. The Balaban J connectivity index is 1.31. The van der Waals surface area contributed by atoms with E-state index in [0.29, 0.717) is 16.5 Å². The molecule has 0 atom stereocenters. The summed E-state index contributed by atoms with van der Waals surface area (Å²) in [7, 11) is -2.63. The molecule has 0 aliphatic rings. The molecule has 7 aromatic rings. The minimum Gasteiger partial charge on any atom is -0.507 e. The van der Waals surface area contributed by atoms with Gasteiger partial charge in [0.25, 0.3) is 16.0 Å². The van der Waals surface area contributed by atoms with E-state index in [4.69, 9.17) is 0 Å². The molecule has 0 bridgehead atoms. The monoisotopic (exact) mass is 616 g/mol. The molecule has 0 aliphatic heterocycles. The quantitative estimate of drug-likeness (QED) is 0.114. The van der Waals surface area contributed by atoms with Gasteiger partial charge in [0.1, 0.15) is 11.4 Å². The number of phenols is 2. The van der Waals surface area contributed by atoms with Gasteiger partial charge in [0.15, 0.2) is 5.75 Å². The molecule has 1 aromatic heterocycles. The summed E-state index contributed by atoms with van der Waals surface area (Å²) in [6, 6.07) is 29.1. The predicted molar refractivity (Wildman–Crippen MR) is 174 cm³/mol. The Bertz CT molecular complexity index is 2500. The van der Waals surface area contributed by atoms with Crippen molar-refractivity contribution in [1.82, 2.24) is 4.57 Å². The van der Waals surface area contributed by atoms with Crippen LogP contribution in [0.3, 0.4) is 0 Å². The standard InChI is InChI=1S/C34H24N4O6S/c1-38-29-12-5-4-9-23(29)26-16-20(13-14-30(26)38)35-34(41)27-15-19-7-2-3-8-22(19)32(33(27)40)37-36-28-11-6-10-24-25(28)17-21(18-31(24)39)45(42,43)44/h2-18,39-40H,1H3,(H,35,41)(H,42,43,44). The Labute approximate surface area is 256 Å². The molecule has 0 aliphatic carbocycles. The molecule has 0 saturated carbocycles. The number of para-hydroxylation sites is 1. The van der Waals surface area contributed by atoms with E-state index in [1.54, 1.807) is 48.5 Å². The second-order valence-corrected chi connectivity index (χ2v) is 12.0. The number of fused-ring (bicyclic) bond motifs is 5. The van der Waals surface area contributed by atoms with Crippen molar-refractivity contribution < 1.29 is 28.0 Å². The van der Waals surface area contributed by atoms with E-state index in [2.05, 4.69) is 20.1 Å². The summed E-state index contributed by atoms with van der Waals surface area (Å²) in [4.78, 5) is 13.1. The number of aromatic hydroxyl groups is 2. The smallest absolute Gasteiger partial charge is 0.294 e. The highest BCUT2D eigenvalue weighted by Crippen LogP contribution is 2.41. The maximum Gasteiger partial charge on any atom is 0.294 e. The van der Waals surface area contributed by atoms with E-state index >= 15 is 0 Å². The van der Waals surface area contributed by atoms with Crippen molar-refractivity contribution in [3.8, 4) is 11.5 Å². The number of benzene rings is 6. The Morgan fingerprint density at radius 1 is 0.733 bits per heavy atom. The van der Waals surface area contributed by atoms with E-state index < -0.39 is 26.7 Å². The van der Waals surface area contributed by atoms with Crippen molar-refractivity contribution in [2.24, 2.45) is 17.3 Å². The summed E-state index contributed by atoms with van der Waals surface area (Å²) in [5, 5.41) is 36.9. The first-order chi connectivity index (χ1) is 21.6. The number of aromatic nitrogens is 1. The van der Waals surface area contributed by atoms with Gasteiger partial charge in [0, 0.05) is 56.8 Å². The van der Waals surface area contributed by atoms with Crippen LogP contribution in [-0.2, 0) is 17.2 Å². The number of aryl methyl sites for hydroxylation is 1. The molecule has 11 heteroatoms. The second-order valence-electron chi connectivity index (χ2n) is 10.6. The number of nitrogens with zero attached hydrogens (tertiary/aromatic N) is 3. The van der Waals surface area contributed by atoms with Gasteiger partial charge in [-0.05, 0) is 47.9 Å². The van der Waals surface area contributed by atoms with Crippen LogP contribution >= 0.6 is 0 Å². The summed E-state index contributed by atoms with van der Waals surface area (Å²) in [6.45, 7) is 0. The van der Waals surface area contributed by atoms with E-state index in [0.717, 1.165) is 27.9 Å². The third kappa shape index (κ3) is 4.80. The zero-order valence-corrected chi connectivity index (χ0v) is 24.4. The third-order valence-corrected chi connectivity index (χ3v) is 8.72. The first-order valence-electron chi connectivity index (χ1n) is 13.8. The van der Waals surface area contributed by atoms with E-state index in [9.17, 15) is 28.0 Å². The number of rotatable bonds is 5. The van der Waals surface area contributed by atoms with Gasteiger partial charge in [-0.15, -0.1) is 10.2 Å². The van der Waals surface area contributed by atoms with Crippen LogP contribution < -0.4 is 5.32 Å². The average molecular weight is 617 g/mol. The zero-order valence-electron chi connectivity index (χ0n) is 23.6. The molecule has 222 valence electrons. The summed E-state index contributed by atoms with van der Waals surface area (Å²) in [5.41, 5.74) is 2.78. The van der Waals surface area contributed by atoms with Crippen molar-refractivity contribution in [2.75, 3.05) is 5.32 Å². The van der Waals surface area contributed by atoms with Gasteiger partial charge in [0.2, 0.25) is 0 Å². The Hall–Kier alpha value is -5.78. The van der Waals surface area contributed by atoms with E-state index in [1.165, 1.54) is 12.1 Å². The minimum absolute atomic E-state index is 0.0231. The lowest BCUT2D eigenvalue weighted by molar-refractivity contribution is 0.102. The highest BCUT2D eigenvalue weighted by atomic mass is 32.2. The number of azo groups is 1. The van der Waals surface area contributed by atoms with Crippen LogP contribution in [0.2, 0.25) is 0 Å². The fraction of sp³-hybridized carbons (Fsp3) is 0.0294. The van der Waals surface area contributed by atoms with Crippen LogP contribution in [0, 0.1) is 0 Å². The van der Waals surface area contributed by atoms with Crippen LogP contribution in [0.1, 0.15) is 10.4 Å². The molecule has 0 spiro atoms. The fourth-order valence-corrected chi connectivity index (χ4v) is 6.23. The van der Waals surface area contributed by atoms with Gasteiger partial charge in [-0.3, -0.25) is 9.35 Å². The SMILES string of the molecule is Cn1c2ccccc2c2cc(NC(=O)c3cc4ccccc4c(N=Nc4cccc5c(O)cc(S(=O)(=O)O)cc45)c3O)ccc21. The third-order valence-electron chi connectivity index (χ3n) is 7.89. The topological polar surface area (TPSA) is 154 Å². The summed E-state index contributed by atoms with van der Waals surface area (Å²) in [5.74, 6) is -1.32. The molecular formula is C34H24N4O6S. The zero-order chi connectivity index (χ0) is 31.5. The maximum absolute atomic E-state index is 13.6. The molecule has 0 fully saturated rings. The fourth-order valence-electron chi connectivity index (χ4n) is 5.70. The van der Waals surface area contributed by atoms with Crippen molar-refractivity contribution in [2.45, 2.75) is 4.90 Å². The van der Waals surface area contributed by atoms with Crippen molar-refractivity contribution in [3.05, 3.63) is 109 Å². The molecule has 0 saturated heterocycles. The largest absolute Gasteiger partial charge is 0.507 e. The van der Waals surface area contributed by atoms with Gasteiger partial charge in [-0.1, -0.05) is 54.6 Å². The molecule has 10 nitrogen and oxygen atoms in total. The highest BCUT2D eigenvalue weighted by Gasteiger charge is 2.20. The van der Waals surface area contributed by atoms with Gasteiger partial charge in [-0.25, -0.2) is 0 Å². The molecule has 7 rings (SSSR count). The summed E-state index contributed by atoms with van der Waals surface area (Å²) >= 11 is 0. The average Bonchev–Trinajstić information content (AvgIpc) is 3.31. The van der Waals surface area contributed by atoms with Gasteiger partial charge in [-0.2, -0.15) is 8.42 Å². The van der Waals surface area contributed by atoms with E-state index in [1.807, 2.05) is 43.4 Å². The van der Waals surface area contributed by atoms with Crippen LogP contribution in [0.4, 0.5) is 17.1 Å². The number of carbonyl (C=O) groups excluding carboxylic acids is 1. The van der Waals surface area contributed by atoms with Crippen LogP contribution in [0.25, 0.3) is 43.4 Å². The number of phenolic OH excluding ortho intramolecular Hbond substituents is 2. The first kappa shape index (κ1) is 28.0. The number of amides is 1. The number of hydrogen-bond acceptors (Lipinski definition) is 7. The second kappa shape index (κ2) is 10.4. The van der Waals surface area contributed by atoms with Gasteiger partial charge in [0.05, 0.1) is 16.1 Å². The molecule has 1 heterocycles. The molecule has 1 amide bonds. The summed E-state index contributed by atoms with van der Waals surface area (Å²) in [6.07, 6.45) is 0. The molecule has 4 N–H and O–H groups in total. The maximum atomic E-state index is 13.6. The molecule has 0 radical (unpaired) electrons. The van der Waals surface area contributed by atoms with Crippen LogP contribution in [0.5, 0.6) is 11.5 Å². The van der Waals surface area contributed by atoms with Crippen LogP contribution in [-0.4, -0.2) is 33.7 Å². The van der Waals surface area contributed by atoms with Gasteiger partial charge < -0.3 is 20.1 Å². The lowest BCUT2D eigenvalue weighted by atomic mass is 10.0. The van der Waals surface area contributed by atoms with E-state index in [-0.39, 0.29) is 33.5 Å². The lowest BCUT2D eigenvalue weighted by Crippen LogP contribution is -2.12. The molecule has 45 heavy (non-hydrogen) atoms. The normalized spacial score (nSPS) is 12.1. The number of carbonyl (C=O) groups is 1. The molecular weight excluding hydrogens is 592 g/mol. The summed E-state index contributed by atoms with van der Waals surface area (Å²) < 4.78 is 35.2. The van der Waals surface area contributed by atoms with Gasteiger partial charge >= 0.3 is 0 Å². The van der Waals surface area contributed by atoms with Crippen LogP contribution in [0.15, 0.2) is 118 Å². The number of anilines is 1. The minimum atomic E-state index is -4.62. The van der Waals surface area contributed by atoms with Crippen molar-refractivity contribution in [3.63, 3.8) is 0 Å². The molecule has 6 aromatic carbocycles. The lowest BCUT2D eigenvalue weighted by Gasteiger charge is -2.12.